The van der Waals surface area contributed by atoms with Gasteiger partial charge in [-0.15, -0.1) is 0 Å². The van der Waals surface area contributed by atoms with Crippen molar-refractivity contribution >= 4 is 22.8 Å². The fourth-order valence-corrected chi connectivity index (χ4v) is 2.98. The van der Waals surface area contributed by atoms with E-state index >= 15 is 0 Å². The van der Waals surface area contributed by atoms with Crippen molar-refractivity contribution in [1.82, 2.24) is 15.5 Å². The van der Waals surface area contributed by atoms with Crippen molar-refractivity contribution in [3.05, 3.63) is 65.4 Å². The number of aliphatic carboxylic acids is 1. The summed E-state index contributed by atoms with van der Waals surface area (Å²) in [6.07, 6.45) is 0.515. The van der Waals surface area contributed by atoms with Gasteiger partial charge in [0.25, 0.3) is 0 Å². The zero-order valence-electron chi connectivity index (χ0n) is 14.5. The van der Waals surface area contributed by atoms with E-state index < -0.39 is 11.9 Å². The van der Waals surface area contributed by atoms with Crippen molar-refractivity contribution in [2.75, 3.05) is 6.54 Å². The number of nitrogens with one attached hydrogen (secondary N) is 2. The predicted molar refractivity (Wildman–Crippen MR) is 98.8 cm³/mol. The standard InChI is InChI=1S/C20H21N3O3/c1-13-5-4-6-14(9-13)10-15(20(25)26)12-21-19(24)11-18-16-7-2-3-8-17(16)22-23-18/h2-9,15H,10-12H2,1H3,(H,21,24)(H,22,23)(H,25,26). The number of para-hydroxylation sites is 1. The van der Waals surface area contributed by atoms with Crippen LogP contribution in [0.15, 0.2) is 48.5 Å². The Morgan fingerprint density at radius 2 is 2.00 bits per heavy atom. The zero-order chi connectivity index (χ0) is 18.5. The number of carboxylic acid groups (broad SMARTS) is 1. The summed E-state index contributed by atoms with van der Waals surface area (Å²) in [5.41, 5.74) is 3.56. The lowest BCUT2D eigenvalue weighted by Crippen LogP contribution is -2.35. The van der Waals surface area contributed by atoms with Gasteiger partial charge in [0, 0.05) is 11.9 Å². The first-order valence-electron chi connectivity index (χ1n) is 8.50. The van der Waals surface area contributed by atoms with Crippen molar-refractivity contribution in [2.24, 2.45) is 5.92 Å². The Hall–Kier alpha value is -3.15. The van der Waals surface area contributed by atoms with Gasteiger partial charge in [0.05, 0.1) is 23.5 Å². The van der Waals surface area contributed by atoms with Gasteiger partial charge in [-0.3, -0.25) is 14.7 Å². The molecule has 3 N–H and O–H groups in total. The summed E-state index contributed by atoms with van der Waals surface area (Å²) in [5.74, 6) is -1.81. The molecular weight excluding hydrogens is 330 g/mol. The average Bonchev–Trinajstić information content (AvgIpc) is 3.01. The van der Waals surface area contributed by atoms with Crippen LogP contribution in [0.1, 0.15) is 16.8 Å². The summed E-state index contributed by atoms with van der Waals surface area (Å²) >= 11 is 0. The maximum atomic E-state index is 12.2. The second kappa shape index (κ2) is 7.82. The summed E-state index contributed by atoms with van der Waals surface area (Å²) in [4.78, 5) is 23.8. The van der Waals surface area contributed by atoms with Gasteiger partial charge in [0.15, 0.2) is 0 Å². The van der Waals surface area contributed by atoms with Crippen LogP contribution in [0, 0.1) is 12.8 Å². The van der Waals surface area contributed by atoms with E-state index in [-0.39, 0.29) is 18.9 Å². The molecule has 3 aromatic rings. The Bertz CT molecular complexity index is 933. The molecule has 1 atom stereocenters. The quantitative estimate of drug-likeness (QED) is 0.609. The highest BCUT2D eigenvalue weighted by atomic mass is 16.4. The molecule has 1 aromatic heterocycles. The average molecular weight is 351 g/mol. The molecule has 6 nitrogen and oxygen atoms in total. The number of H-pyrrole nitrogens is 1. The number of carbonyl (C=O) groups is 2. The van der Waals surface area contributed by atoms with Crippen molar-refractivity contribution < 1.29 is 14.7 Å². The van der Waals surface area contributed by atoms with Crippen LogP contribution in [0.25, 0.3) is 10.9 Å². The largest absolute Gasteiger partial charge is 0.481 e. The fraction of sp³-hybridized carbons (Fsp3) is 0.250. The van der Waals surface area contributed by atoms with Crippen LogP contribution < -0.4 is 5.32 Å². The molecule has 1 amide bonds. The van der Waals surface area contributed by atoms with E-state index in [9.17, 15) is 14.7 Å². The van der Waals surface area contributed by atoms with Crippen LogP contribution in [0.5, 0.6) is 0 Å². The number of carboxylic acids is 1. The van der Waals surface area contributed by atoms with E-state index in [0.29, 0.717) is 6.42 Å². The van der Waals surface area contributed by atoms with E-state index in [1.54, 1.807) is 0 Å². The third-order valence-electron chi connectivity index (χ3n) is 4.34. The third-order valence-corrected chi connectivity index (χ3v) is 4.34. The number of aryl methyl sites for hydroxylation is 1. The van der Waals surface area contributed by atoms with Crippen LogP contribution in [-0.2, 0) is 22.4 Å². The summed E-state index contributed by atoms with van der Waals surface area (Å²) in [5, 5.41) is 20.1. The number of aromatic nitrogens is 2. The minimum atomic E-state index is -0.918. The molecule has 26 heavy (non-hydrogen) atoms. The molecular formula is C20H21N3O3. The number of aromatic amines is 1. The number of hydrogen-bond donors (Lipinski definition) is 3. The van der Waals surface area contributed by atoms with Gasteiger partial charge in [-0.05, 0) is 25.0 Å². The molecule has 0 spiro atoms. The Labute approximate surface area is 151 Å². The molecule has 1 unspecified atom stereocenters. The molecule has 0 bridgehead atoms. The summed E-state index contributed by atoms with van der Waals surface area (Å²) in [6, 6.07) is 15.3. The highest BCUT2D eigenvalue weighted by Crippen LogP contribution is 2.15. The van der Waals surface area contributed by atoms with Crippen LogP contribution in [0.3, 0.4) is 0 Å². The van der Waals surface area contributed by atoms with Crippen molar-refractivity contribution in [1.29, 1.82) is 0 Å². The van der Waals surface area contributed by atoms with Crippen LogP contribution in [-0.4, -0.2) is 33.7 Å². The first-order chi connectivity index (χ1) is 12.5. The summed E-state index contributed by atoms with van der Waals surface area (Å²) in [6.45, 7) is 2.06. The maximum Gasteiger partial charge on any atom is 0.308 e. The van der Waals surface area contributed by atoms with Crippen LogP contribution >= 0.6 is 0 Å². The highest BCUT2D eigenvalue weighted by molar-refractivity contribution is 5.87. The molecule has 6 heteroatoms. The minimum absolute atomic E-state index is 0.0914. The molecule has 0 saturated heterocycles. The molecule has 0 fully saturated rings. The molecule has 0 aliphatic rings. The number of rotatable bonds is 7. The second-order valence-electron chi connectivity index (χ2n) is 6.43. The fourth-order valence-electron chi connectivity index (χ4n) is 2.98. The lowest BCUT2D eigenvalue weighted by atomic mass is 9.98. The topological polar surface area (TPSA) is 95.1 Å². The number of fused-ring (bicyclic) bond motifs is 1. The molecule has 0 aliphatic carbocycles. The normalized spacial score (nSPS) is 12.0. The molecule has 1 heterocycles. The smallest absolute Gasteiger partial charge is 0.308 e. The van der Waals surface area contributed by atoms with E-state index in [4.69, 9.17) is 0 Å². The van der Waals surface area contributed by atoms with E-state index in [0.717, 1.165) is 27.7 Å². The Morgan fingerprint density at radius 1 is 1.19 bits per heavy atom. The van der Waals surface area contributed by atoms with Gasteiger partial charge < -0.3 is 10.4 Å². The Balaban J connectivity index is 1.60. The van der Waals surface area contributed by atoms with Crippen molar-refractivity contribution in [3.63, 3.8) is 0 Å². The molecule has 0 aliphatic heterocycles. The zero-order valence-corrected chi connectivity index (χ0v) is 14.5. The van der Waals surface area contributed by atoms with Gasteiger partial charge >= 0.3 is 5.97 Å². The van der Waals surface area contributed by atoms with Crippen molar-refractivity contribution in [2.45, 2.75) is 19.8 Å². The van der Waals surface area contributed by atoms with E-state index in [2.05, 4.69) is 15.5 Å². The first kappa shape index (κ1) is 17.7. The number of benzene rings is 2. The van der Waals surface area contributed by atoms with E-state index in [1.165, 1.54) is 0 Å². The molecule has 0 saturated carbocycles. The number of amides is 1. The molecule has 0 radical (unpaired) electrons. The van der Waals surface area contributed by atoms with E-state index in [1.807, 2.05) is 55.5 Å². The van der Waals surface area contributed by atoms with Gasteiger partial charge in [-0.2, -0.15) is 5.10 Å². The monoisotopic (exact) mass is 351 g/mol. The van der Waals surface area contributed by atoms with Gasteiger partial charge in [0.1, 0.15) is 0 Å². The third kappa shape index (κ3) is 4.27. The van der Waals surface area contributed by atoms with Gasteiger partial charge in [-0.25, -0.2) is 0 Å². The Morgan fingerprint density at radius 3 is 2.77 bits per heavy atom. The lowest BCUT2D eigenvalue weighted by Gasteiger charge is -2.14. The van der Waals surface area contributed by atoms with Crippen molar-refractivity contribution in [3.8, 4) is 0 Å². The second-order valence-corrected chi connectivity index (χ2v) is 6.43. The first-order valence-corrected chi connectivity index (χ1v) is 8.50. The number of carbonyl (C=O) groups excluding carboxylic acids is 1. The Kier molecular flexibility index (Phi) is 5.31. The maximum absolute atomic E-state index is 12.2. The number of hydrogen-bond acceptors (Lipinski definition) is 3. The van der Waals surface area contributed by atoms with Crippen LogP contribution in [0.2, 0.25) is 0 Å². The SMILES string of the molecule is Cc1cccc(CC(CNC(=O)Cc2[nH]nc3ccccc23)C(=O)O)c1. The molecule has 3 rings (SSSR count). The minimum Gasteiger partial charge on any atom is -0.481 e. The number of nitrogens with zero attached hydrogens (tertiary/aromatic N) is 1. The highest BCUT2D eigenvalue weighted by Gasteiger charge is 2.19. The summed E-state index contributed by atoms with van der Waals surface area (Å²) < 4.78 is 0. The molecule has 134 valence electrons. The van der Waals surface area contributed by atoms with Gasteiger partial charge in [-0.1, -0.05) is 48.0 Å². The van der Waals surface area contributed by atoms with Crippen LogP contribution in [0.4, 0.5) is 0 Å². The van der Waals surface area contributed by atoms with Gasteiger partial charge in [0.2, 0.25) is 5.91 Å². The summed E-state index contributed by atoms with van der Waals surface area (Å²) in [7, 11) is 0. The predicted octanol–water partition coefficient (Wildman–Crippen LogP) is 2.47. The lowest BCUT2D eigenvalue weighted by molar-refractivity contribution is -0.141. The molecule has 2 aromatic carbocycles.